The summed E-state index contributed by atoms with van der Waals surface area (Å²) < 4.78 is 39.0. The number of hydrogen-bond donors (Lipinski definition) is 2. The first-order chi connectivity index (χ1) is 11.7. The van der Waals surface area contributed by atoms with E-state index in [-0.39, 0.29) is 23.2 Å². The molecule has 0 atom stereocenters. The molecule has 0 bridgehead atoms. The van der Waals surface area contributed by atoms with Gasteiger partial charge in [-0.15, -0.1) is 10.2 Å². The van der Waals surface area contributed by atoms with E-state index in [9.17, 15) is 13.2 Å². The molecule has 0 aliphatic carbocycles. The minimum atomic E-state index is -4.47. The molecular weight excluding hydrogens is 331 g/mol. The normalized spacial score (nSPS) is 12.3. The van der Waals surface area contributed by atoms with E-state index in [1.807, 2.05) is 19.9 Å². The molecule has 5 nitrogen and oxygen atoms in total. The van der Waals surface area contributed by atoms with Gasteiger partial charge >= 0.3 is 6.18 Å². The number of guanidine groups is 1. The molecule has 2 aromatic rings. The number of nitrogens with two attached hydrogens (primary N) is 2. The lowest BCUT2D eigenvalue weighted by molar-refractivity contribution is -0.137. The Morgan fingerprint density at radius 3 is 2.40 bits per heavy atom. The SMILES string of the molecule is CC(C)c1ccnc(/C(=N\N=C(N)N)c2cccc(C(F)(F)F)c2)c1. The Morgan fingerprint density at radius 1 is 1.08 bits per heavy atom. The number of halogens is 3. The minimum absolute atomic E-state index is 0.155. The van der Waals surface area contributed by atoms with Crippen LogP contribution in [-0.4, -0.2) is 16.7 Å². The summed E-state index contributed by atoms with van der Waals surface area (Å²) in [6.07, 6.45) is -2.90. The van der Waals surface area contributed by atoms with Crippen molar-refractivity contribution in [2.45, 2.75) is 25.9 Å². The molecular formula is C17H18F3N5. The van der Waals surface area contributed by atoms with Crippen molar-refractivity contribution >= 4 is 11.7 Å². The highest BCUT2D eigenvalue weighted by molar-refractivity contribution is 6.12. The first-order valence-corrected chi connectivity index (χ1v) is 7.49. The summed E-state index contributed by atoms with van der Waals surface area (Å²) in [4.78, 5) is 4.21. The Kier molecular flexibility index (Phi) is 5.41. The van der Waals surface area contributed by atoms with E-state index in [2.05, 4.69) is 15.2 Å². The second-order valence-corrected chi connectivity index (χ2v) is 5.68. The number of benzene rings is 1. The predicted octanol–water partition coefficient (Wildman–Crippen LogP) is 3.25. The zero-order valence-electron chi connectivity index (χ0n) is 13.7. The number of alkyl halides is 3. The molecule has 0 unspecified atom stereocenters. The van der Waals surface area contributed by atoms with Gasteiger partial charge in [-0.3, -0.25) is 4.98 Å². The van der Waals surface area contributed by atoms with Crippen LogP contribution in [0.15, 0.2) is 52.8 Å². The van der Waals surface area contributed by atoms with E-state index in [1.54, 1.807) is 12.3 Å². The molecule has 1 heterocycles. The van der Waals surface area contributed by atoms with Crippen LogP contribution in [0.5, 0.6) is 0 Å². The summed E-state index contributed by atoms with van der Waals surface area (Å²) in [5.74, 6) is -0.0860. The maximum absolute atomic E-state index is 13.0. The molecule has 0 fully saturated rings. The fourth-order valence-electron chi connectivity index (χ4n) is 2.14. The molecule has 25 heavy (non-hydrogen) atoms. The van der Waals surface area contributed by atoms with Crippen molar-refractivity contribution in [1.29, 1.82) is 0 Å². The third-order valence-electron chi connectivity index (χ3n) is 3.42. The number of pyridine rings is 1. The van der Waals surface area contributed by atoms with Gasteiger partial charge in [-0.05, 0) is 35.7 Å². The van der Waals surface area contributed by atoms with Gasteiger partial charge in [0.05, 0.1) is 11.3 Å². The third-order valence-corrected chi connectivity index (χ3v) is 3.42. The predicted molar refractivity (Wildman–Crippen MR) is 91.2 cm³/mol. The molecule has 0 radical (unpaired) electrons. The second kappa shape index (κ2) is 7.33. The largest absolute Gasteiger partial charge is 0.416 e. The van der Waals surface area contributed by atoms with Crippen molar-refractivity contribution in [3.05, 3.63) is 65.0 Å². The van der Waals surface area contributed by atoms with Crippen molar-refractivity contribution in [3.63, 3.8) is 0 Å². The molecule has 0 aliphatic rings. The Labute approximate surface area is 143 Å². The van der Waals surface area contributed by atoms with Crippen molar-refractivity contribution < 1.29 is 13.2 Å². The van der Waals surface area contributed by atoms with Gasteiger partial charge in [-0.25, -0.2) is 0 Å². The average Bonchev–Trinajstić information content (AvgIpc) is 2.54. The highest BCUT2D eigenvalue weighted by Gasteiger charge is 2.30. The summed E-state index contributed by atoms with van der Waals surface area (Å²) >= 11 is 0. The van der Waals surface area contributed by atoms with Crippen LogP contribution >= 0.6 is 0 Å². The molecule has 8 heteroatoms. The van der Waals surface area contributed by atoms with Gasteiger partial charge in [-0.2, -0.15) is 13.2 Å². The Bertz CT molecular complexity index is 806. The second-order valence-electron chi connectivity index (χ2n) is 5.68. The maximum Gasteiger partial charge on any atom is 0.416 e. The van der Waals surface area contributed by atoms with Gasteiger partial charge in [0.25, 0.3) is 0 Å². The van der Waals surface area contributed by atoms with Crippen molar-refractivity contribution in [2.24, 2.45) is 21.7 Å². The van der Waals surface area contributed by atoms with E-state index in [1.165, 1.54) is 12.1 Å². The van der Waals surface area contributed by atoms with E-state index < -0.39 is 11.7 Å². The topological polar surface area (TPSA) is 89.6 Å². The standard InChI is InChI=1S/C17H18F3N5/c1-10(2)11-6-7-23-14(9-11)15(24-25-16(21)22)12-4-3-5-13(8-12)17(18,19)20/h3-10H,1-2H3,(H4,21,22,25)/b24-15-. The molecule has 2 rings (SSSR count). The highest BCUT2D eigenvalue weighted by atomic mass is 19.4. The summed E-state index contributed by atoms with van der Waals surface area (Å²) in [5, 5.41) is 7.50. The lowest BCUT2D eigenvalue weighted by atomic mass is 9.99. The lowest BCUT2D eigenvalue weighted by Crippen LogP contribution is -2.22. The number of nitrogens with zero attached hydrogens (tertiary/aromatic N) is 3. The van der Waals surface area contributed by atoms with Gasteiger partial charge < -0.3 is 11.5 Å². The maximum atomic E-state index is 13.0. The Hall–Kier alpha value is -2.90. The molecule has 0 amide bonds. The van der Waals surface area contributed by atoms with E-state index in [0.717, 1.165) is 17.7 Å². The number of aromatic nitrogens is 1. The molecule has 0 saturated carbocycles. The Balaban J connectivity index is 2.61. The van der Waals surface area contributed by atoms with E-state index in [4.69, 9.17) is 11.5 Å². The molecule has 0 saturated heterocycles. The van der Waals surface area contributed by atoms with Gasteiger partial charge in [0.2, 0.25) is 5.96 Å². The molecule has 1 aromatic heterocycles. The van der Waals surface area contributed by atoms with Crippen LogP contribution in [-0.2, 0) is 6.18 Å². The molecule has 1 aromatic carbocycles. The fourth-order valence-corrected chi connectivity index (χ4v) is 2.14. The number of rotatable bonds is 4. The smallest absolute Gasteiger partial charge is 0.369 e. The van der Waals surface area contributed by atoms with Crippen molar-refractivity contribution in [2.75, 3.05) is 0 Å². The van der Waals surface area contributed by atoms with E-state index >= 15 is 0 Å². The van der Waals surface area contributed by atoms with Crippen LogP contribution in [0.25, 0.3) is 0 Å². The summed E-state index contributed by atoms with van der Waals surface area (Å²) in [6.45, 7) is 3.99. The highest BCUT2D eigenvalue weighted by Crippen LogP contribution is 2.30. The average molecular weight is 349 g/mol. The monoisotopic (exact) mass is 349 g/mol. The van der Waals surface area contributed by atoms with Crippen LogP contribution in [0.2, 0.25) is 0 Å². The summed E-state index contributed by atoms with van der Waals surface area (Å²) in [6, 6.07) is 8.37. The first kappa shape index (κ1) is 18.4. The van der Waals surface area contributed by atoms with Crippen LogP contribution in [0.3, 0.4) is 0 Å². The van der Waals surface area contributed by atoms with Crippen LogP contribution < -0.4 is 11.5 Å². The van der Waals surface area contributed by atoms with Gasteiger partial charge in [0.1, 0.15) is 5.71 Å². The molecule has 0 spiro atoms. The van der Waals surface area contributed by atoms with Crippen LogP contribution in [0.1, 0.15) is 42.1 Å². The quantitative estimate of drug-likeness (QED) is 0.504. The lowest BCUT2D eigenvalue weighted by Gasteiger charge is -2.11. The minimum Gasteiger partial charge on any atom is -0.369 e. The summed E-state index contributed by atoms with van der Waals surface area (Å²) in [7, 11) is 0. The number of hydrogen-bond acceptors (Lipinski definition) is 3. The summed E-state index contributed by atoms with van der Waals surface area (Å²) in [5.41, 5.74) is 11.5. The van der Waals surface area contributed by atoms with Crippen LogP contribution in [0, 0.1) is 0 Å². The zero-order valence-corrected chi connectivity index (χ0v) is 13.7. The van der Waals surface area contributed by atoms with Gasteiger partial charge in [0.15, 0.2) is 0 Å². The van der Waals surface area contributed by atoms with Gasteiger partial charge in [0, 0.05) is 11.8 Å². The van der Waals surface area contributed by atoms with Crippen LogP contribution in [0.4, 0.5) is 13.2 Å². The molecule has 132 valence electrons. The van der Waals surface area contributed by atoms with E-state index in [0.29, 0.717) is 5.69 Å². The zero-order chi connectivity index (χ0) is 18.6. The van der Waals surface area contributed by atoms with Crippen molar-refractivity contribution in [1.82, 2.24) is 4.98 Å². The molecule has 4 N–H and O–H groups in total. The first-order valence-electron chi connectivity index (χ1n) is 7.49. The van der Waals surface area contributed by atoms with Crippen molar-refractivity contribution in [3.8, 4) is 0 Å². The third kappa shape index (κ3) is 4.79. The van der Waals surface area contributed by atoms with Gasteiger partial charge in [-0.1, -0.05) is 26.0 Å². The molecule has 0 aliphatic heterocycles. The fraction of sp³-hybridized carbons (Fsp3) is 0.235. The Morgan fingerprint density at radius 2 is 1.80 bits per heavy atom.